The van der Waals surface area contributed by atoms with E-state index in [1.165, 1.54) is 0 Å². The summed E-state index contributed by atoms with van der Waals surface area (Å²) in [6.07, 6.45) is 3.56. The second-order valence-corrected chi connectivity index (χ2v) is 4.49. The topological polar surface area (TPSA) is 62.5 Å². The van der Waals surface area contributed by atoms with Crippen molar-refractivity contribution < 1.29 is 4.79 Å². The van der Waals surface area contributed by atoms with Gasteiger partial charge >= 0.3 is 0 Å². The minimum Gasteiger partial charge on any atom is -0.382 e. The standard InChI is InChI=1S/C12H18N4O/c1-15(2)12(17)10-6-4-8-16(10)9-5-3-7-14-11(9)13/h3,5,7,10H,4,6,8H2,1-2H3,(H2,13,14). The van der Waals surface area contributed by atoms with E-state index < -0.39 is 0 Å². The number of likely N-dealkylation sites (N-methyl/N-ethyl adjacent to an activating group) is 1. The Kier molecular flexibility index (Phi) is 3.17. The Balaban J connectivity index is 2.26. The minimum atomic E-state index is -0.100. The van der Waals surface area contributed by atoms with Crippen LogP contribution in [0.3, 0.4) is 0 Å². The van der Waals surface area contributed by atoms with Crippen LogP contribution in [0.25, 0.3) is 0 Å². The number of amides is 1. The van der Waals surface area contributed by atoms with Crippen LogP contribution in [0, 0.1) is 0 Å². The molecule has 5 nitrogen and oxygen atoms in total. The van der Waals surface area contributed by atoms with Crippen molar-refractivity contribution in [3.05, 3.63) is 18.3 Å². The molecule has 0 radical (unpaired) electrons. The molecular weight excluding hydrogens is 216 g/mol. The van der Waals surface area contributed by atoms with Gasteiger partial charge in [0, 0.05) is 26.8 Å². The molecule has 1 unspecified atom stereocenters. The van der Waals surface area contributed by atoms with Gasteiger partial charge in [0.2, 0.25) is 5.91 Å². The Labute approximate surface area is 101 Å². The molecule has 2 heterocycles. The first-order valence-corrected chi connectivity index (χ1v) is 5.79. The lowest BCUT2D eigenvalue weighted by atomic mass is 10.2. The summed E-state index contributed by atoms with van der Waals surface area (Å²) in [6.45, 7) is 0.861. The molecule has 1 aliphatic rings. The van der Waals surface area contributed by atoms with E-state index in [4.69, 9.17) is 5.73 Å². The average Bonchev–Trinajstić information content (AvgIpc) is 2.77. The molecule has 0 aromatic carbocycles. The highest BCUT2D eigenvalue weighted by Gasteiger charge is 2.32. The van der Waals surface area contributed by atoms with Crippen LogP contribution in [0.5, 0.6) is 0 Å². The zero-order valence-corrected chi connectivity index (χ0v) is 10.3. The number of hydrogen-bond acceptors (Lipinski definition) is 4. The van der Waals surface area contributed by atoms with Crippen molar-refractivity contribution >= 4 is 17.4 Å². The second-order valence-electron chi connectivity index (χ2n) is 4.49. The van der Waals surface area contributed by atoms with Crippen LogP contribution in [0.4, 0.5) is 11.5 Å². The molecule has 17 heavy (non-hydrogen) atoms. The summed E-state index contributed by atoms with van der Waals surface area (Å²) < 4.78 is 0. The lowest BCUT2D eigenvalue weighted by Gasteiger charge is -2.28. The third kappa shape index (κ3) is 2.18. The fourth-order valence-corrected chi connectivity index (χ4v) is 2.26. The van der Waals surface area contributed by atoms with Crippen molar-refractivity contribution in [2.75, 3.05) is 31.3 Å². The SMILES string of the molecule is CN(C)C(=O)C1CCCN1c1cccnc1N. The van der Waals surface area contributed by atoms with Crippen LogP contribution in [0.15, 0.2) is 18.3 Å². The van der Waals surface area contributed by atoms with E-state index in [2.05, 4.69) is 9.88 Å². The van der Waals surface area contributed by atoms with E-state index >= 15 is 0 Å². The molecule has 2 rings (SSSR count). The van der Waals surface area contributed by atoms with Gasteiger partial charge in [0.05, 0.1) is 5.69 Å². The Bertz CT molecular complexity index is 419. The van der Waals surface area contributed by atoms with Gasteiger partial charge in [0.1, 0.15) is 11.9 Å². The smallest absolute Gasteiger partial charge is 0.244 e. The second kappa shape index (κ2) is 4.61. The molecule has 1 atom stereocenters. The summed E-state index contributed by atoms with van der Waals surface area (Å²) in [5.41, 5.74) is 6.73. The van der Waals surface area contributed by atoms with Crippen LogP contribution in [0.2, 0.25) is 0 Å². The molecule has 0 bridgehead atoms. The van der Waals surface area contributed by atoms with Crippen LogP contribution >= 0.6 is 0 Å². The van der Waals surface area contributed by atoms with Crippen LogP contribution in [0.1, 0.15) is 12.8 Å². The number of carbonyl (C=O) groups is 1. The van der Waals surface area contributed by atoms with E-state index in [9.17, 15) is 4.79 Å². The minimum absolute atomic E-state index is 0.100. The van der Waals surface area contributed by atoms with Gasteiger partial charge in [0.15, 0.2) is 0 Å². The Morgan fingerprint density at radius 1 is 1.59 bits per heavy atom. The Hall–Kier alpha value is -1.78. The summed E-state index contributed by atoms with van der Waals surface area (Å²) in [5, 5.41) is 0. The van der Waals surface area contributed by atoms with Crippen LogP contribution in [-0.4, -0.2) is 42.5 Å². The predicted octanol–water partition coefficient (Wildman–Crippen LogP) is 0.721. The largest absolute Gasteiger partial charge is 0.382 e. The van der Waals surface area contributed by atoms with E-state index in [-0.39, 0.29) is 11.9 Å². The molecule has 1 saturated heterocycles. The summed E-state index contributed by atoms with van der Waals surface area (Å²) in [7, 11) is 3.57. The Morgan fingerprint density at radius 2 is 2.35 bits per heavy atom. The van der Waals surface area contributed by atoms with Crippen molar-refractivity contribution in [3.8, 4) is 0 Å². The fraction of sp³-hybridized carbons (Fsp3) is 0.500. The van der Waals surface area contributed by atoms with Gasteiger partial charge < -0.3 is 15.5 Å². The molecule has 1 fully saturated rings. The van der Waals surface area contributed by atoms with Gasteiger partial charge in [-0.1, -0.05) is 0 Å². The lowest BCUT2D eigenvalue weighted by Crippen LogP contribution is -2.43. The van der Waals surface area contributed by atoms with Crippen molar-refractivity contribution in [3.63, 3.8) is 0 Å². The number of pyridine rings is 1. The molecule has 0 saturated carbocycles. The number of anilines is 2. The van der Waals surface area contributed by atoms with E-state index in [1.807, 2.05) is 12.1 Å². The number of nitrogen functional groups attached to an aromatic ring is 1. The van der Waals surface area contributed by atoms with Crippen LogP contribution in [-0.2, 0) is 4.79 Å². The molecular formula is C12H18N4O. The molecule has 1 amide bonds. The molecule has 0 aliphatic carbocycles. The first-order chi connectivity index (χ1) is 8.11. The fourth-order valence-electron chi connectivity index (χ4n) is 2.26. The van der Waals surface area contributed by atoms with Gasteiger partial charge in [0.25, 0.3) is 0 Å². The van der Waals surface area contributed by atoms with Gasteiger partial charge in [-0.25, -0.2) is 4.98 Å². The summed E-state index contributed by atoms with van der Waals surface area (Å²) >= 11 is 0. The summed E-state index contributed by atoms with van der Waals surface area (Å²) in [6, 6.07) is 3.67. The van der Waals surface area contributed by atoms with E-state index in [1.54, 1.807) is 25.2 Å². The molecule has 1 aromatic rings. The van der Waals surface area contributed by atoms with Gasteiger partial charge in [-0.15, -0.1) is 0 Å². The summed E-state index contributed by atoms with van der Waals surface area (Å²) in [4.78, 5) is 19.8. The maximum atomic E-state index is 12.1. The first-order valence-electron chi connectivity index (χ1n) is 5.79. The maximum Gasteiger partial charge on any atom is 0.244 e. The first kappa shape index (κ1) is 11.7. The molecule has 92 valence electrons. The summed E-state index contributed by atoms with van der Waals surface area (Å²) in [5.74, 6) is 0.622. The number of carbonyl (C=O) groups excluding carboxylic acids is 1. The van der Waals surface area contributed by atoms with Gasteiger partial charge in [-0.05, 0) is 25.0 Å². The molecule has 1 aliphatic heterocycles. The van der Waals surface area contributed by atoms with Crippen molar-refractivity contribution in [2.24, 2.45) is 0 Å². The van der Waals surface area contributed by atoms with Crippen LogP contribution < -0.4 is 10.6 Å². The highest BCUT2D eigenvalue weighted by atomic mass is 16.2. The Morgan fingerprint density at radius 3 is 3.00 bits per heavy atom. The average molecular weight is 234 g/mol. The number of nitrogens with zero attached hydrogens (tertiary/aromatic N) is 3. The zero-order chi connectivity index (χ0) is 12.4. The maximum absolute atomic E-state index is 12.1. The third-order valence-electron chi connectivity index (χ3n) is 3.10. The lowest BCUT2D eigenvalue weighted by molar-refractivity contribution is -0.129. The number of aromatic nitrogens is 1. The van der Waals surface area contributed by atoms with E-state index in [0.717, 1.165) is 25.1 Å². The highest BCUT2D eigenvalue weighted by molar-refractivity contribution is 5.86. The number of nitrogens with two attached hydrogens (primary N) is 1. The third-order valence-corrected chi connectivity index (χ3v) is 3.10. The number of rotatable bonds is 2. The van der Waals surface area contributed by atoms with Gasteiger partial charge in [-0.2, -0.15) is 0 Å². The normalized spacial score (nSPS) is 19.4. The predicted molar refractivity (Wildman–Crippen MR) is 67.7 cm³/mol. The molecule has 2 N–H and O–H groups in total. The number of hydrogen-bond donors (Lipinski definition) is 1. The molecule has 5 heteroatoms. The van der Waals surface area contributed by atoms with Crippen molar-refractivity contribution in [1.29, 1.82) is 0 Å². The van der Waals surface area contributed by atoms with Gasteiger partial charge in [-0.3, -0.25) is 4.79 Å². The molecule has 0 spiro atoms. The monoisotopic (exact) mass is 234 g/mol. The van der Waals surface area contributed by atoms with Crippen molar-refractivity contribution in [1.82, 2.24) is 9.88 Å². The zero-order valence-electron chi connectivity index (χ0n) is 10.3. The van der Waals surface area contributed by atoms with Crippen molar-refractivity contribution in [2.45, 2.75) is 18.9 Å². The highest BCUT2D eigenvalue weighted by Crippen LogP contribution is 2.29. The van der Waals surface area contributed by atoms with E-state index in [0.29, 0.717) is 5.82 Å². The quantitative estimate of drug-likeness (QED) is 0.819. The molecule has 1 aromatic heterocycles.